The lowest BCUT2D eigenvalue weighted by Gasteiger charge is -2.13. The average molecular weight is 305 g/mol. The number of anilines is 1. The molecule has 0 aromatic heterocycles. The molecular weight excluding hydrogens is 295 g/mol. The molecule has 1 aromatic rings. The van der Waals surface area contributed by atoms with Gasteiger partial charge < -0.3 is 15.2 Å². The maximum atomic E-state index is 11.7. The topological polar surface area (TPSA) is 81.9 Å². The van der Waals surface area contributed by atoms with Crippen molar-refractivity contribution in [3.63, 3.8) is 0 Å². The molecule has 0 saturated carbocycles. The Hall–Kier alpha value is -1.66. The zero-order valence-electron chi connectivity index (χ0n) is 9.64. The van der Waals surface area contributed by atoms with Crippen LogP contribution in [0.25, 0.3) is 0 Å². The van der Waals surface area contributed by atoms with E-state index in [0.717, 1.165) is 0 Å². The number of nitrogens with zero attached hydrogens (tertiary/aromatic N) is 1. The van der Waals surface area contributed by atoms with Crippen molar-refractivity contribution < 1.29 is 19.1 Å². The molecule has 19 heavy (non-hydrogen) atoms. The molecule has 0 spiro atoms. The van der Waals surface area contributed by atoms with Gasteiger partial charge in [0.05, 0.1) is 16.6 Å². The number of hydrogen-bond acceptors (Lipinski definition) is 4. The standard InChI is InChI=1S/C11H10Cl2N2O4/c12-8-2-1-6(3-9(8)13)15-4-7(19-11(15)17)5-18-10(14)16/h1-3,7H,4-5H2,(H2,14,16). The second kappa shape index (κ2) is 5.54. The predicted molar refractivity (Wildman–Crippen MR) is 69.6 cm³/mol. The first-order valence-corrected chi connectivity index (χ1v) is 6.08. The van der Waals surface area contributed by atoms with Crippen LogP contribution in [-0.2, 0) is 9.47 Å². The summed E-state index contributed by atoms with van der Waals surface area (Å²) in [6.07, 6.45) is -2.02. The van der Waals surface area contributed by atoms with Gasteiger partial charge in [-0.1, -0.05) is 23.2 Å². The number of carbonyl (C=O) groups is 2. The van der Waals surface area contributed by atoms with E-state index in [2.05, 4.69) is 4.74 Å². The van der Waals surface area contributed by atoms with E-state index in [0.29, 0.717) is 15.7 Å². The SMILES string of the molecule is NC(=O)OCC1CN(c2ccc(Cl)c(Cl)c2)C(=O)O1. The van der Waals surface area contributed by atoms with E-state index < -0.39 is 18.3 Å². The van der Waals surface area contributed by atoms with Gasteiger partial charge in [0, 0.05) is 5.69 Å². The van der Waals surface area contributed by atoms with Gasteiger partial charge in [-0.15, -0.1) is 0 Å². The largest absolute Gasteiger partial charge is 0.446 e. The van der Waals surface area contributed by atoms with Crippen molar-refractivity contribution in [2.24, 2.45) is 5.73 Å². The maximum absolute atomic E-state index is 11.7. The Morgan fingerprint density at radius 3 is 2.84 bits per heavy atom. The summed E-state index contributed by atoms with van der Waals surface area (Å²) in [5, 5.41) is 0.732. The summed E-state index contributed by atoms with van der Waals surface area (Å²) in [5.74, 6) is 0. The summed E-state index contributed by atoms with van der Waals surface area (Å²) in [6.45, 7) is 0.156. The highest BCUT2D eigenvalue weighted by Crippen LogP contribution is 2.29. The van der Waals surface area contributed by atoms with Gasteiger partial charge in [-0.25, -0.2) is 9.59 Å². The van der Waals surface area contributed by atoms with Crippen LogP contribution in [0.15, 0.2) is 18.2 Å². The summed E-state index contributed by atoms with van der Waals surface area (Å²) in [7, 11) is 0. The molecule has 0 aliphatic carbocycles. The lowest BCUT2D eigenvalue weighted by molar-refractivity contribution is 0.0779. The van der Waals surface area contributed by atoms with Gasteiger partial charge in [0.25, 0.3) is 0 Å². The van der Waals surface area contributed by atoms with Crippen LogP contribution in [0.3, 0.4) is 0 Å². The Bertz CT molecular complexity index is 523. The summed E-state index contributed by atoms with van der Waals surface area (Å²) < 4.78 is 9.62. The van der Waals surface area contributed by atoms with Gasteiger partial charge in [0.1, 0.15) is 6.61 Å². The second-order valence-corrected chi connectivity index (χ2v) is 4.66. The summed E-state index contributed by atoms with van der Waals surface area (Å²) >= 11 is 11.7. The number of primary amides is 1. The Morgan fingerprint density at radius 2 is 2.21 bits per heavy atom. The molecule has 1 unspecified atom stereocenters. The highest BCUT2D eigenvalue weighted by atomic mass is 35.5. The van der Waals surface area contributed by atoms with E-state index in [1.807, 2.05) is 0 Å². The van der Waals surface area contributed by atoms with E-state index >= 15 is 0 Å². The quantitative estimate of drug-likeness (QED) is 0.929. The van der Waals surface area contributed by atoms with E-state index in [1.54, 1.807) is 18.2 Å². The lowest BCUT2D eigenvalue weighted by Crippen LogP contribution is -2.27. The first kappa shape index (κ1) is 13.8. The van der Waals surface area contributed by atoms with Crippen molar-refractivity contribution in [1.82, 2.24) is 0 Å². The van der Waals surface area contributed by atoms with Gasteiger partial charge in [0.15, 0.2) is 6.10 Å². The minimum atomic E-state index is -0.913. The third kappa shape index (κ3) is 3.21. The van der Waals surface area contributed by atoms with Crippen LogP contribution in [0.2, 0.25) is 10.0 Å². The van der Waals surface area contributed by atoms with E-state index in [-0.39, 0.29) is 13.2 Å². The normalized spacial score (nSPS) is 18.3. The van der Waals surface area contributed by atoms with Crippen LogP contribution in [0.5, 0.6) is 0 Å². The molecule has 1 aromatic carbocycles. The molecule has 1 aliphatic rings. The van der Waals surface area contributed by atoms with Gasteiger partial charge in [0.2, 0.25) is 0 Å². The molecule has 1 aliphatic heterocycles. The third-order valence-electron chi connectivity index (χ3n) is 2.50. The van der Waals surface area contributed by atoms with Gasteiger partial charge in [-0.2, -0.15) is 0 Å². The van der Waals surface area contributed by atoms with Crippen molar-refractivity contribution in [2.45, 2.75) is 6.10 Å². The molecule has 8 heteroatoms. The van der Waals surface area contributed by atoms with Crippen molar-refractivity contribution >= 4 is 41.1 Å². The van der Waals surface area contributed by atoms with Crippen LogP contribution >= 0.6 is 23.2 Å². The highest BCUT2D eigenvalue weighted by Gasteiger charge is 2.33. The Labute approximate surface area is 119 Å². The molecule has 1 atom stereocenters. The third-order valence-corrected chi connectivity index (χ3v) is 3.24. The summed E-state index contributed by atoms with van der Waals surface area (Å²) in [4.78, 5) is 23.5. The molecule has 0 radical (unpaired) electrons. The molecule has 2 N–H and O–H groups in total. The van der Waals surface area contributed by atoms with E-state index in [1.165, 1.54) is 4.90 Å². The number of nitrogens with two attached hydrogens (primary N) is 1. The molecule has 2 rings (SSSR count). The predicted octanol–water partition coefficient (Wildman–Crippen LogP) is 2.41. The Morgan fingerprint density at radius 1 is 1.47 bits per heavy atom. The highest BCUT2D eigenvalue weighted by molar-refractivity contribution is 6.42. The molecule has 6 nitrogen and oxygen atoms in total. The number of carbonyl (C=O) groups excluding carboxylic acids is 2. The summed E-state index contributed by atoms with van der Waals surface area (Å²) in [5.41, 5.74) is 5.40. The number of hydrogen-bond donors (Lipinski definition) is 1. The number of cyclic esters (lactones) is 1. The van der Waals surface area contributed by atoms with Crippen LogP contribution in [0, 0.1) is 0 Å². The molecule has 1 fully saturated rings. The van der Waals surface area contributed by atoms with Crippen LogP contribution in [-0.4, -0.2) is 31.4 Å². The fraction of sp³-hybridized carbons (Fsp3) is 0.273. The number of halogens is 2. The monoisotopic (exact) mass is 304 g/mol. The zero-order chi connectivity index (χ0) is 14.0. The first-order chi connectivity index (χ1) is 8.97. The Kier molecular flexibility index (Phi) is 4.01. The molecule has 1 saturated heterocycles. The molecule has 0 bridgehead atoms. The number of ether oxygens (including phenoxy) is 2. The average Bonchev–Trinajstić information content (AvgIpc) is 2.72. The Balaban J connectivity index is 2.07. The lowest BCUT2D eigenvalue weighted by atomic mass is 10.3. The second-order valence-electron chi connectivity index (χ2n) is 3.84. The van der Waals surface area contributed by atoms with Crippen molar-refractivity contribution in [1.29, 1.82) is 0 Å². The molecule has 1 heterocycles. The van der Waals surface area contributed by atoms with Crippen molar-refractivity contribution in [3.05, 3.63) is 28.2 Å². The van der Waals surface area contributed by atoms with Gasteiger partial charge in [-0.3, -0.25) is 4.90 Å². The van der Waals surface area contributed by atoms with Gasteiger partial charge >= 0.3 is 12.2 Å². The molecular formula is C11H10Cl2N2O4. The van der Waals surface area contributed by atoms with Crippen LogP contribution in [0.4, 0.5) is 15.3 Å². The van der Waals surface area contributed by atoms with Crippen molar-refractivity contribution in [3.8, 4) is 0 Å². The fourth-order valence-corrected chi connectivity index (χ4v) is 1.94. The molecule has 2 amide bonds. The molecule has 102 valence electrons. The zero-order valence-corrected chi connectivity index (χ0v) is 11.1. The van der Waals surface area contributed by atoms with Crippen molar-refractivity contribution in [2.75, 3.05) is 18.1 Å². The van der Waals surface area contributed by atoms with Crippen LogP contribution < -0.4 is 10.6 Å². The minimum absolute atomic E-state index is 0.0844. The minimum Gasteiger partial charge on any atom is -0.446 e. The van der Waals surface area contributed by atoms with E-state index in [9.17, 15) is 9.59 Å². The maximum Gasteiger partial charge on any atom is 0.414 e. The van der Waals surface area contributed by atoms with Gasteiger partial charge in [-0.05, 0) is 18.2 Å². The summed E-state index contributed by atoms with van der Waals surface area (Å²) in [6, 6.07) is 4.79. The fourth-order valence-electron chi connectivity index (χ4n) is 1.65. The van der Waals surface area contributed by atoms with E-state index in [4.69, 9.17) is 33.7 Å². The number of amides is 2. The number of rotatable bonds is 3. The van der Waals surface area contributed by atoms with Crippen LogP contribution in [0.1, 0.15) is 0 Å². The number of benzene rings is 1. The first-order valence-electron chi connectivity index (χ1n) is 5.33. The smallest absolute Gasteiger partial charge is 0.414 e.